The first kappa shape index (κ1) is 62.4. The van der Waals surface area contributed by atoms with Crippen molar-refractivity contribution in [2.75, 3.05) is 13.2 Å². The Morgan fingerprint density at radius 2 is 0.516 bits per heavy atom. The summed E-state index contributed by atoms with van der Waals surface area (Å²) >= 11 is 0. The van der Waals surface area contributed by atoms with Crippen LogP contribution in [0, 0.1) is 5.92 Å². The van der Waals surface area contributed by atoms with Crippen LogP contribution in [0.2, 0.25) is 0 Å². The molecule has 6 nitrogen and oxygen atoms in total. The van der Waals surface area contributed by atoms with Crippen LogP contribution in [-0.4, -0.2) is 37.2 Å². The summed E-state index contributed by atoms with van der Waals surface area (Å²) in [5.74, 6) is 0.00696. The van der Waals surface area contributed by atoms with Crippen LogP contribution in [0.1, 0.15) is 329 Å². The van der Waals surface area contributed by atoms with Crippen molar-refractivity contribution in [3.05, 3.63) is 0 Å². The van der Waals surface area contributed by atoms with E-state index < -0.39 is 6.10 Å². The number of esters is 3. The van der Waals surface area contributed by atoms with E-state index in [4.69, 9.17) is 14.2 Å². The lowest BCUT2D eigenvalue weighted by molar-refractivity contribution is -0.167. The van der Waals surface area contributed by atoms with Crippen LogP contribution in [0.15, 0.2) is 0 Å². The third-order valence-electron chi connectivity index (χ3n) is 13.3. The van der Waals surface area contributed by atoms with Crippen LogP contribution in [-0.2, 0) is 28.6 Å². The molecule has 0 aromatic carbocycles. The largest absolute Gasteiger partial charge is 0.462 e. The Morgan fingerprint density at radius 1 is 0.297 bits per heavy atom. The second-order valence-corrected chi connectivity index (χ2v) is 20.4. The second-order valence-electron chi connectivity index (χ2n) is 20.4. The Kier molecular flexibility index (Phi) is 51.1. The SMILES string of the molecule is CCCCCCCCCCCCCCCCCCCCCC(=O)O[C@@H](COC(=O)CCCCCCCCCCCC)COC(=O)CCCCCCCCCCCCCCCCC(C)C. The standard InChI is InChI=1S/C58H112O6/c1-5-7-9-11-13-15-17-18-19-20-21-22-23-28-31-35-39-43-47-51-58(61)64-55(52-62-56(59)49-45-41-37-33-16-14-12-10-8-6-2)53-63-57(60)50-46-42-38-34-30-27-25-24-26-29-32-36-40-44-48-54(3)4/h54-55H,5-53H2,1-4H3/t55-/m0/s1. The molecule has 0 N–H and O–H groups in total. The average Bonchev–Trinajstić information content (AvgIpc) is 3.28. The molecule has 0 radical (unpaired) electrons. The zero-order chi connectivity index (χ0) is 46.7. The van der Waals surface area contributed by atoms with Crippen LogP contribution in [0.5, 0.6) is 0 Å². The molecule has 0 aliphatic carbocycles. The quantitative estimate of drug-likeness (QED) is 0.0344. The van der Waals surface area contributed by atoms with Gasteiger partial charge in [-0.05, 0) is 25.2 Å². The average molecular weight is 906 g/mol. The number of carbonyl (C=O) groups excluding carboxylic acids is 3. The van der Waals surface area contributed by atoms with Gasteiger partial charge in [0.2, 0.25) is 0 Å². The fraction of sp³-hybridized carbons (Fsp3) is 0.948. The molecule has 0 aromatic rings. The zero-order valence-corrected chi connectivity index (χ0v) is 43.8. The number of rotatable bonds is 53. The maximum atomic E-state index is 12.8. The van der Waals surface area contributed by atoms with Gasteiger partial charge < -0.3 is 14.2 Å². The Labute approximate surface area is 399 Å². The molecular formula is C58H112O6. The lowest BCUT2D eigenvalue weighted by atomic mass is 10.0. The van der Waals surface area contributed by atoms with Crippen LogP contribution < -0.4 is 0 Å². The molecule has 0 saturated heterocycles. The third-order valence-corrected chi connectivity index (χ3v) is 13.3. The highest BCUT2D eigenvalue weighted by Crippen LogP contribution is 2.18. The van der Waals surface area contributed by atoms with E-state index >= 15 is 0 Å². The lowest BCUT2D eigenvalue weighted by Gasteiger charge is -2.18. The molecule has 1 atom stereocenters. The molecular weight excluding hydrogens is 793 g/mol. The number of hydrogen-bond donors (Lipinski definition) is 0. The first-order valence-electron chi connectivity index (χ1n) is 28.9. The fourth-order valence-corrected chi connectivity index (χ4v) is 8.92. The van der Waals surface area contributed by atoms with Gasteiger partial charge in [0.05, 0.1) is 0 Å². The minimum absolute atomic E-state index is 0.0621. The predicted octanol–water partition coefficient (Wildman–Crippen LogP) is 19.0. The van der Waals surface area contributed by atoms with Gasteiger partial charge >= 0.3 is 17.9 Å². The Hall–Kier alpha value is -1.59. The van der Waals surface area contributed by atoms with Crippen molar-refractivity contribution in [1.82, 2.24) is 0 Å². The summed E-state index contributed by atoms with van der Waals surface area (Å²) in [5, 5.41) is 0. The maximum absolute atomic E-state index is 12.8. The highest BCUT2D eigenvalue weighted by atomic mass is 16.6. The third kappa shape index (κ3) is 51.4. The minimum atomic E-state index is -0.761. The second kappa shape index (κ2) is 52.4. The topological polar surface area (TPSA) is 78.9 Å². The van der Waals surface area contributed by atoms with Crippen LogP contribution in [0.25, 0.3) is 0 Å². The summed E-state index contributed by atoms with van der Waals surface area (Å²) < 4.78 is 16.9. The van der Waals surface area contributed by atoms with E-state index in [2.05, 4.69) is 27.7 Å². The molecule has 0 aliphatic heterocycles. The van der Waals surface area contributed by atoms with Crippen molar-refractivity contribution < 1.29 is 28.6 Å². The van der Waals surface area contributed by atoms with E-state index in [1.54, 1.807) is 0 Å². The molecule has 0 amide bonds. The lowest BCUT2D eigenvalue weighted by Crippen LogP contribution is -2.30. The van der Waals surface area contributed by atoms with Gasteiger partial charge in [-0.1, -0.05) is 291 Å². The van der Waals surface area contributed by atoms with Crippen molar-refractivity contribution in [2.24, 2.45) is 5.92 Å². The molecule has 0 unspecified atom stereocenters. The van der Waals surface area contributed by atoms with E-state index in [0.29, 0.717) is 19.3 Å². The summed E-state index contributed by atoms with van der Waals surface area (Å²) in [6, 6.07) is 0. The molecule has 6 heteroatoms. The van der Waals surface area contributed by atoms with Gasteiger partial charge in [0.25, 0.3) is 0 Å². The normalized spacial score (nSPS) is 12.0. The Balaban J connectivity index is 4.23. The summed E-state index contributed by atoms with van der Waals surface area (Å²) in [4.78, 5) is 38.1. The van der Waals surface area contributed by atoms with E-state index in [1.165, 1.54) is 225 Å². The summed E-state index contributed by atoms with van der Waals surface area (Å²) in [6.45, 7) is 9.05. The molecule has 0 heterocycles. The molecule has 0 aliphatic rings. The van der Waals surface area contributed by atoms with E-state index in [-0.39, 0.29) is 31.1 Å². The monoisotopic (exact) mass is 905 g/mol. The van der Waals surface area contributed by atoms with Crippen molar-refractivity contribution in [1.29, 1.82) is 0 Å². The molecule has 0 saturated carbocycles. The van der Waals surface area contributed by atoms with Crippen molar-refractivity contribution >= 4 is 17.9 Å². The maximum Gasteiger partial charge on any atom is 0.306 e. The number of hydrogen-bond acceptors (Lipinski definition) is 6. The number of unbranched alkanes of at least 4 members (excludes halogenated alkanes) is 40. The first-order valence-corrected chi connectivity index (χ1v) is 28.9. The van der Waals surface area contributed by atoms with Gasteiger partial charge in [-0.15, -0.1) is 0 Å². The van der Waals surface area contributed by atoms with Gasteiger partial charge in [0.15, 0.2) is 6.10 Å². The van der Waals surface area contributed by atoms with Gasteiger partial charge in [-0.25, -0.2) is 0 Å². The van der Waals surface area contributed by atoms with E-state index in [9.17, 15) is 14.4 Å². The van der Waals surface area contributed by atoms with Crippen LogP contribution >= 0.6 is 0 Å². The molecule has 0 bridgehead atoms. The van der Waals surface area contributed by atoms with Crippen molar-refractivity contribution in [3.8, 4) is 0 Å². The summed E-state index contributed by atoms with van der Waals surface area (Å²) in [5.41, 5.74) is 0. The Bertz CT molecular complexity index is 964. The smallest absolute Gasteiger partial charge is 0.306 e. The van der Waals surface area contributed by atoms with Gasteiger partial charge in [-0.2, -0.15) is 0 Å². The number of carbonyl (C=O) groups is 3. The Morgan fingerprint density at radius 3 is 0.766 bits per heavy atom. The highest BCUT2D eigenvalue weighted by Gasteiger charge is 2.19. The van der Waals surface area contributed by atoms with Crippen LogP contribution in [0.4, 0.5) is 0 Å². The van der Waals surface area contributed by atoms with E-state index in [1.807, 2.05) is 0 Å². The van der Waals surface area contributed by atoms with Crippen molar-refractivity contribution in [2.45, 2.75) is 336 Å². The van der Waals surface area contributed by atoms with E-state index in [0.717, 1.165) is 63.7 Å². The molecule has 0 spiro atoms. The van der Waals surface area contributed by atoms with Gasteiger partial charge in [0.1, 0.15) is 13.2 Å². The highest BCUT2D eigenvalue weighted by molar-refractivity contribution is 5.71. The molecule has 0 fully saturated rings. The summed E-state index contributed by atoms with van der Waals surface area (Å²) in [6.07, 6.45) is 56.7. The van der Waals surface area contributed by atoms with Gasteiger partial charge in [0, 0.05) is 19.3 Å². The molecule has 380 valence electrons. The predicted molar refractivity (Wildman–Crippen MR) is 275 cm³/mol. The van der Waals surface area contributed by atoms with Crippen LogP contribution in [0.3, 0.4) is 0 Å². The molecule has 0 rings (SSSR count). The molecule has 0 aromatic heterocycles. The van der Waals surface area contributed by atoms with Gasteiger partial charge in [-0.3, -0.25) is 14.4 Å². The molecule has 64 heavy (non-hydrogen) atoms. The first-order chi connectivity index (χ1) is 31.4. The number of ether oxygens (including phenoxy) is 3. The van der Waals surface area contributed by atoms with Crippen molar-refractivity contribution in [3.63, 3.8) is 0 Å². The fourth-order valence-electron chi connectivity index (χ4n) is 8.92. The summed E-state index contributed by atoms with van der Waals surface area (Å²) in [7, 11) is 0. The minimum Gasteiger partial charge on any atom is -0.462 e. The zero-order valence-electron chi connectivity index (χ0n) is 43.8.